The highest BCUT2D eigenvalue weighted by atomic mass is 16.5. The maximum absolute atomic E-state index is 9.36. The molecule has 0 aromatic heterocycles. The summed E-state index contributed by atoms with van der Waals surface area (Å²) in [5.41, 5.74) is 1.16. The molecule has 1 unspecified atom stereocenters. The largest absolute Gasteiger partial charge is 0.508 e. The summed E-state index contributed by atoms with van der Waals surface area (Å²) in [6.07, 6.45) is 0. The molecule has 0 saturated heterocycles. The van der Waals surface area contributed by atoms with Crippen molar-refractivity contribution in [3.63, 3.8) is 0 Å². The molecule has 4 nitrogen and oxygen atoms in total. The number of nitrogens with zero attached hydrogens (tertiary/aromatic N) is 1. The maximum atomic E-state index is 9.36. The zero-order chi connectivity index (χ0) is 11.5. The molecule has 88 valence electrons. The lowest BCUT2D eigenvalue weighted by Gasteiger charge is -2.22. The van der Waals surface area contributed by atoms with E-state index in [1.54, 1.807) is 12.1 Å². The first-order valence-corrected chi connectivity index (χ1v) is 5.53. The van der Waals surface area contributed by atoms with Crippen LogP contribution in [0.1, 0.15) is 11.6 Å². The van der Waals surface area contributed by atoms with Crippen LogP contribution in [0, 0.1) is 0 Å². The Kier molecular flexibility index (Phi) is 3.31. The Morgan fingerprint density at radius 2 is 2.38 bits per heavy atom. The zero-order valence-electron chi connectivity index (χ0n) is 9.73. The lowest BCUT2D eigenvalue weighted by Crippen LogP contribution is -2.31. The average Bonchev–Trinajstić information content (AvgIpc) is 2.68. The smallest absolute Gasteiger partial charge is 0.127 e. The van der Waals surface area contributed by atoms with Crippen LogP contribution >= 0.6 is 0 Å². The average molecular weight is 222 g/mol. The predicted octanol–water partition coefficient (Wildman–Crippen LogP) is 0.977. The van der Waals surface area contributed by atoms with Gasteiger partial charge in [-0.25, -0.2) is 0 Å². The van der Waals surface area contributed by atoms with Crippen LogP contribution in [0.15, 0.2) is 18.2 Å². The third-order valence-electron chi connectivity index (χ3n) is 3.00. The van der Waals surface area contributed by atoms with E-state index in [0.29, 0.717) is 12.6 Å². The number of nitrogens with one attached hydrogen (secondary N) is 1. The summed E-state index contributed by atoms with van der Waals surface area (Å²) >= 11 is 0. The highest BCUT2D eigenvalue weighted by Gasteiger charge is 2.27. The first kappa shape index (κ1) is 11.2. The monoisotopic (exact) mass is 222 g/mol. The SMILES string of the molecule is CNCCN(C)C1COc2cc(O)ccc21. The first-order valence-electron chi connectivity index (χ1n) is 5.53. The van der Waals surface area contributed by atoms with E-state index in [0.717, 1.165) is 24.4 Å². The van der Waals surface area contributed by atoms with Crippen molar-refractivity contribution in [2.45, 2.75) is 6.04 Å². The van der Waals surface area contributed by atoms with Crippen LogP contribution in [0.4, 0.5) is 0 Å². The number of aromatic hydroxyl groups is 1. The summed E-state index contributed by atoms with van der Waals surface area (Å²) in [6.45, 7) is 2.60. The van der Waals surface area contributed by atoms with Crippen molar-refractivity contribution in [1.82, 2.24) is 10.2 Å². The summed E-state index contributed by atoms with van der Waals surface area (Å²) in [7, 11) is 4.04. The molecule has 1 aromatic carbocycles. The molecule has 1 aromatic rings. The van der Waals surface area contributed by atoms with Gasteiger partial charge in [0.15, 0.2) is 0 Å². The molecule has 0 spiro atoms. The van der Waals surface area contributed by atoms with Crippen molar-refractivity contribution in [2.24, 2.45) is 0 Å². The van der Waals surface area contributed by atoms with Crippen molar-refractivity contribution in [3.05, 3.63) is 23.8 Å². The number of rotatable bonds is 4. The molecule has 0 bridgehead atoms. The Morgan fingerprint density at radius 1 is 1.56 bits per heavy atom. The summed E-state index contributed by atoms with van der Waals surface area (Å²) in [5, 5.41) is 12.5. The van der Waals surface area contributed by atoms with Gasteiger partial charge in [0.25, 0.3) is 0 Å². The normalized spacial score (nSPS) is 18.6. The van der Waals surface area contributed by atoms with Crippen molar-refractivity contribution in [1.29, 1.82) is 0 Å². The van der Waals surface area contributed by atoms with E-state index in [1.807, 2.05) is 13.1 Å². The van der Waals surface area contributed by atoms with Gasteiger partial charge in [-0.15, -0.1) is 0 Å². The van der Waals surface area contributed by atoms with E-state index < -0.39 is 0 Å². The minimum Gasteiger partial charge on any atom is -0.508 e. The number of hydrogen-bond acceptors (Lipinski definition) is 4. The van der Waals surface area contributed by atoms with Crippen molar-refractivity contribution >= 4 is 0 Å². The molecule has 4 heteroatoms. The maximum Gasteiger partial charge on any atom is 0.127 e. The van der Waals surface area contributed by atoms with Crippen LogP contribution in [0.25, 0.3) is 0 Å². The number of fused-ring (bicyclic) bond motifs is 1. The molecule has 1 aliphatic rings. The molecule has 0 aliphatic carbocycles. The van der Waals surface area contributed by atoms with Gasteiger partial charge in [-0.1, -0.05) is 0 Å². The fourth-order valence-electron chi connectivity index (χ4n) is 1.99. The molecule has 16 heavy (non-hydrogen) atoms. The number of phenolic OH excluding ortho intramolecular Hbond substituents is 1. The minimum absolute atomic E-state index is 0.261. The van der Waals surface area contributed by atoms with Crippen LogP contribution in [-0.2, 0) is 0 Å². The molecule has 0 amide bonds. The van der Waals surface area contributed by atoms with Crippen LogP contribution < -0.4 is 10.1 Å². The number of ether oxygens (including phenoxy) is 1. The van der Waals surface area contributed by atoms with Gasteiger partial charge >= 0.3 is 0 Å². The van der Waals surface area contributed by atoms with E-state index in [-0.39, 0.29) is 5.75 Å². The van der Waals surface area contributed by atoms with E-state index in [4.69, 9.17) is 4.74 Å². The molecule has 2 rings (SSSR count). The Labute approximate surface area is 95.8 Å². The second-order valence-corrected chi connectivity index (χ2v) is 4.13. The van der Waals surface area contributed by atoms with Gasteiger partial charge in [-0.3, -0.25) is 4.90 Å². The van der Waals surface area contributed by atoms with Gasteiger partial charge < -0.3 is 15.2 Å². The summed E-state index contributed by atoms with van der Waals surface area (Å²) in [6, 6.07) is 5.63. The van der Waals surface area contributed by atoms with Crippen LogP contribution in [0.5, 0.6) is 11.5 Å². The number of hydrogen-bond donors (Lipinski definition) is 2. The minimum atomic E-state index is 0.261. The molecule has 1 heterocycles. The van der Waals surface area contributed by atoms with Gasteiger partial charge in [0.05, 0.1) is 6.04 Å². The van der Waals surface area contributed by atoms with E-state index >= 15 is 0 Å². The quantitative estimate of drug-likeness (QED) is 0.797. The highest BCUT2D eigenvalue weighted by Crippen LogP contribution is 2.37. The van der Waals surface area contributed by atoms with E-state index in [9.17, 15) is 5.11 Å². The second kappa shape index (κ2) is 4.72. The molecular weight excluding hydrogens is 204 g/mol. The van der Waals surface area contributed by atoms with Crippen molar-refractivity contribution < 1.29 is 9.84 Å². The Morgan fingerprint density at radius 3 is 3.12 bits per heavy atom. The van der Waals surface area contributed by atoms with Gasteiger partial charge in [-0.2, -0.15) is 0 Å². The predicted molar refractivity (Wildman–Crippen MR) is 62.9 cm³/mol. The summed E-state index contributed by atoms with van der Waals surface area (Å²) < 4.78 is 5.57. The highest BCUT2D eigenvalue weighted by molar-refractivity contribution is 5.44. The summed E-state index contributed by atoms with van der Waals surface area (Å²) in [4.78, 5) is 2.26. The van der Waals surface area contributed by atoms with E-state index in [1.165, 1.54) is 0 Å². The Balaban J connectivity index is 2.11. The lowest BCUT2D eigenvalue weighted by molar-refractivity contribution is 0.197. The van der Waals surface area contributed by atoms with Gasteiger partial charge in [0.2, 0.25) is 0 Å². The molecular formula is C12H18N2O2. The first-order chi connectivity index (χ1) is 7.72. The number of likely N-dealkylation sites (N-methyl/N-ethyl adjacent to an activating group) is 2. The van der Waals surface area contributed by atoms with Crippen LogP contribution in [0.2, 0.25) is 0 Å². The van der Waals surface area contributed by atoms with Crippen molar-refractivity contribution in [2.75, 3.05) is 33.8 Å². The van der Waals surface area contributed by atoms with Crippen LogP contribution in [-0.4, -0.2) is 43.8 Å². The number of phenols is 1. The van der Waals surface area contributed by atoms with Crippen molar-refractivity contribution in [3.8, 4) is 11.5 Å². The van der Waals surface area contributed by atoms with E-state index in [2.05, 4.69) is 17.3 Å². The number of benzene rings is 1. The zero-order valence-corrected chi connectivity index (χ0v) is 9.73. The fourth-order valence-corrected chi connectivity index (χ4v) is 1.99. The summed E-state index contributed by atoms with van der Waals surface area (Å²) in [5.74, 6) is 1.07. The molecule has 1 aliphatic heterocycles. The lowest BCUT2D eigenvalue weighted by atomic mass is 10.1. The third-order valence-corrected chi connectivity index (χ3v) is 3.00. The Bertz CT molecular complexity index is 368. The fraction of sp³-hybridized carbons (Fsp3) is 0.500. The second-order valence-electron chi connectivity index (χ2n) is 4.13. The van der Waals surface area contributed by atoms with Gasteiger partial charge in [0, 0.05) is 24.7 Å². The topological polar surface area (TPSA) is 44.7 Å². The third kappa shape index (κ3) is 2.13. The van der Waals surface area contributed by atoms with Crippen LogP contribution in [0.3, 0.4) is 0 Å². The Hall–Kier alpha value is -1.26. The molecule has 1 atom stereocenters. The standard InChI is InChI=1S/C12H18N2O2/c1-13-5-6-14(2)11-8-16-12-7-9(15)3-4-10(11)12/h3-4,7,11,13,15H,5-6,8H2,1-2H3. The molecule has 2 N–H and O–H groups in total. The molecule has 0 fully saturated rings. The molecule has 0 radical (unpaired) electrons. The molecule has 0 saturated carbocycles. The van der Waals surface area contributed by atoms with Gasteiger partial charge in [-0.05, 0) is 26.2 Å². The van der Waals surface area contributed by atoms with Gasteiger partial charge in [0.1, 0.15) is 18.1 Å².